The Morgan fingerprint density at radius 3 is 2.45 bits per heavy atom. The number of carbonyl (C=O) groups is 2. The third-order valence-corrected chi connectivity index (χ3v) is 2.89. The van der Waals surface area contributed by atoms with Gasteiger partial charge in [0.2, 0.25) is 0 Å². The molecule has 0 unspecified atom stereocenters. The fourth-order valence-corrected chi connectivity index (χ4v) is 1.98. The van der Waals surface area contributed by atoms with E-state index in [9.17, 15) is 9.59 Å². The van der Waals surface area contributed by atoms with Gasteiger partial charge in [-0.3, -0.25) is 9.69 Å². The molecule has 1 amide bonds. The first kappa shape index (κ1) is 16.8. The Morgan fingerprint density at radius 1 is 1.35 bits per heavy atom. The van der Waals surface area contributed by atoms with Crippen LogP contribution < -0.4 is 0 Å². The Kier molecular flexibility index (Phi) is 5.02. The molecule has 0 saturated carbocycles. The monoisotopic (exact) mass is 287 g/mol. The van der Waals surface area contributed by atoms with Crippen LogP contribution in [-0.4, -0.2) is 47.5 Å². The molecule has 6 nitrogen and oxygen atoms in total. The lowest BCUT2D eigenvalue weighted by Gasteiger charge is -2.34. The maximum Gasteiger partial charge on any atom is 0.413 e. The minimum Gasteiger partial charge on any atom is -0.463 e. The van der Waals surface area contributed by atoms with E-state index in [1.165, 1.54) is 4.90 Å². The molecule has 0 aromatic heterocycles. The van der Waals surface area contributed by atoms with Crippen molar-refractivity contribution in [2.45, 2.75) is 65.3 Å². The van der Waals surface area contributed by atoms with Crippen LogP contribution in [0.5, 0.6) is 0 Å². The van der Waals surface area contributed by atoms with Crippen molar-refractivity contribution in [3.05, 3.63) is 0 Å². The van der Waals surface area contributed by atoms with Crippen LogP contribution in [0, 0.1) is 0 Å². The molecule has 1 atom stereocenters. The zero-order chi connectivity index (χ0) is 15.6. The second-order valence-corrected chi connectivity index (χ2v) is 6.30. The van der Waals surface area contributed by atoms with Crippen LogP contribution >= 0.6 is 0 Å². The Morgan fingerprint density at radius 2 is 1.95 bits per heavy atom. The van der Waals surface area contributed by atoms with Crippen molar-refractivity contribution in [1.82, 2.24) is 4.90 Å². The van der Waals surface area contributed by atoms with E-state index < -0.39 is 17.4 Å². The highest BCUT2D eigenvalue weighted by molar-refractivity contribution is 5.70. The van der Waals surface area contributed by atoms with E-state index >= 15 is 0 Å². The molecular formula is C14H25NO5. The summed E-state index contributed by atoms with van der Waals surface area (Å²) in [4.78, 5) is 25.0. The van der Waals surface area contributed by atoms with Crippen LogP contribution in [-0.2, 0) is 19.0 Å². The number of rotatable bonds is 3. The minimum absolute atomic E-state index is 0.120. The largest absolute Gasteiger partial charge is 0.463 e. The SMILES string of the molecule is CCC(=O)OC[C@@H]1COC(C)(C)N1C(=O)OC(C)(C)C. The van der Waals surface area contributed by atoms with Gasteiger partial charge in [0.25, 0.3) is 0 Å². The molecule has 20 heavy (non-hydrogen) atoms. The number of nitrogens with zero attached hydrogens (tertiary/aromatic N) is 1. The molecule has 0 N–H and O–H groups in total. The highest BCUT2D eigenvalue weighted by atomic mass is 16.6. The van der Waals surface area contributed by atoms with E-state index in [1.54, 1.807) is 41.5 Å². The van der Waals surface area contributed by atoms with Gasteiger partial charge in [-0.2, -0.15) is 0 Å². The molecule has 6 heteroatoms. The van der Waals surface area contributed by atoms with Gasteiger partial charge in [0, 0.05) is 6.42 Å². The van der Waals surface area contributed by atoms with Crippen LogP contribution in [0.1, 0.15) is 48.0 Å². The van der Waals surface area contributed by atoms with Crippen molar-refractivity contribution in [2.24, 2.45) is 0 Å². The minimum atomic E-state index is -0.772. The Hall–Kier alpha value is -1.30. The molecule has 0 spiro atoms. The van der Waals surface area contributed by atoms with E-state index in [4.69, 9.17) is 14.2 Å². The highest BCUT2D eigenvalue weighted by Crippen LogP contribution is 2.29. The van der Waals surface area contributed by atoms with Crippen molar-refractivity contribution in [3.63, 3.8) is 0 Å². The van der Waals surface area contributed by atoms with Gasteiger partial charge in [0.1, 0.15) is 17.9 Å². The smallest absolute Gasteiger partial charge is 0.413 e. The molecule has 0 aromatic carbocycles. The molecule has 1 fully saturated rings. The van der Waals surface area contributed by atoms with Gasteiger partial charge in [0.05, 0.1) is 12.6 Å². The number of carbonyl (C=O) groups excluding carboxylic acids is 2. The van der Waals surface area contributed by atoms with Crippen LogP contribution in [0.4, 0.5) is 4.79 Å². The molecule has 1 rings (SSSR count). The quantitative estimate of drug-likeness (QED) is 0.745. The molecule has 1 heterocycles. The summed E-state index contributed by atoms with van der Waals surface area (Å²) >= 11 is 0. The fraction of sp³-hybridized carbons (Fsp3) is 0.857. The van der Waals surface area contributed by atoms with Crippen molar-refractivity contribution >= 4 is 12.1 Å². The zero-order valence-corrected chi connectivity index (χ0v) is 13.2. The Balaban J connectivity index is 2.75. The van der Waals surface area contributed by atoms with Crippen LogP contribution in [0.3, 0.4) is 0 Å². The summed E-state index contributed by atoms with van der Waals surface area (Å²) in [5.74, 6) is -0.293. The first-order valence-electron chi connectivity index (χ1n) is 6.88. The number of ether oxygens (including phenoxy) is 3. The summed E-state index contributed by atoms with van der Waals surface area (Å²) in [5, 5.41) is 0. The van der Waals surface area contributed by atoms with Crippen LogP contribution in [0.15, 0.2) is 0 Å². The third-order valence-electron chi connectivity index (χ3n) is 2.89. The molecule has 0 aromatic rings. The normalized spacial score (nSPS) is 21.7. The summed E-state index contributed by atoms with van der Waals surface area (Å²) in [5.41, 5.74) is -1.36. The van der Waals surface area contributed by atoms with Gasteiger partial charge in [-0.1, -0.05) is 6.92 Å². The van der Waals surface area contributed by atoms with Gasteiger partial charge in [-0.25, -0.2) is 4.79 Å². The lowest BCUT2D eigenvalue weighted by atomic mass is 10.2. The summed E-state index contributed by atoms with van der Waals surface area (Å²) in [6, 6.07) is -0.324. The summed E-state index contributed by atoms with van der Waals surface area (Å²) in [6.07, 6.45) is -0.152. The molecular weight excluding hydrogens is 262 g/mol. The lowest BCUT2D eigenvalue weighted by molar-refractivity contribution is -0.145. The summed E-state index contributed by atoms with van der Waals surface area (Å²) < 4.78 is 16.1. The lowest BCUT2D eigenvalue weighted by Crippen LogP contribution is -2.51. The number of amides is 1. The topological polar surface area (TPSA) is 65.1 Å². The van der Waals surface area contributed by atoms with Crippen molar-refractivity contribution in [2.75, 3.05) is 13.2 Å². The predicted molar refractivity (Wildman–Crippen MR) is 73.1 cm³/mol. The van der Waals surface area contributed by atoms with Crippen molar-refractivity contribution in [1.29, 1.82) is 0 Å². The Labute approximate surface area is 120 Å². The van der Waals surface area contributed by atoms with E-state index in [0.717, 1.165) is 0 Å². The molecule has 0 bridgehead atoms. The molecule has 0 aliphatic carbocycles. The second kappa shape index (κ2) is 5.99. The van der Waals surface area contributed by atoms with Gasteiger partial charge >= 0.3 is 12.1 Å². The average molecular weight is 287 g/mol. The van der Waals surface area contributed by atoms with Crippen LogP contribution in [0.25, 0.3) is 0 Å². The van der Waals surface area contributed by atoms with Gasteiger partial charge in [0.15, 0.2) is 0 Å². The predicted octanol–water partition coefficient (Wildman–Crippen LogP) is 2.31. The van der Waals surface area contributed by atoms with Crippen LogP contribution in [0.2, 0.25) is 0 Å². The van der Waals surface area contributed by atoms with Gasteiger partial charge in [-0.15, -0.1) is 0 Å². The summed E-state index contributed by atoms with van der Waals surface area (Å²) in [6.45, 7) is 11.2. The molecule has 1 aliphatic heterocycles. The molecule has 0 radical (unpaired) electrons. The standard InChI is InChI=1S/C14H25NO5/c1-7-11(16)18-8-10-9-19-14(5,6)15(10)12(17)20-13(2,3)4/h10H,7-9H2,1-6H3/t10-/m1/s1. The maximum atomic E-state index is 12.3. The number of hydrogen-bond donors (Lipinski definition) is 0. The van der Waals surface area contributed by atoms with E-state index in [2.05, 4.69) is 0 Å². The number of esters is 1. The highest BCUT2D eigenvalue weighted by Gasteiger charge is 2.46. The number of hydrogen-bond acceptors (Lipinski definition) is 5. The van der Waals surface area contributed by atoms with E-state index in [1.807, 2.05) is 0 Å². The third kappa shape index (κ3) is 4.37. The zero-order valence-electron chi connectivity index (χ0n) is 13.2. The van der Waals surface area contributed by atoms with E-state index in [-0.39, 0.29) is 18.6 Å². The molecule has 1 aliphatic rings. The van der Waals surface area contributed by atoms with Gasteiger partial charge < -0.3 is 14.2 Å². The van der Waals surface area contributed by atoms with E-state index in [0.29, 0.717) is 13.0 Å². The Bertz CT molecular complexity index is 372. The van der Waals surface area contributed by atoms with Crippen molar-refractivity contribution < 1.29 is 23.8 Å². The fourth-order valence-electron chi connectivity index (χ4n) is 1.98. The maximum absolute atomic E-state index is 12.3. The van der Waals surface area contributed by atoms with Gasteiger partial charge in [-0.05, 0) is 34.6 Å². The first-order chi connectivity index (χ1) is 9.07. The first-order valence-corrected chi connectivity index (χ1v) is 6.88. The van der Waals surface area contributed by atoms with Crippen molar-refractivity contribution in [3.8, 4) is 0 Å². The summed E-state index contributed by atoms with van der Waals surface area (Å²) in [7, 11) is 0. The average Bonchev–Trinajstić information content (AvgIpc) is 2.59. The second-order valence-electron chi connectivity index (χ2n) is 6.30. The molecule has 116 valence electrons. The molecule has 1 saturated heterocycles.